The van der Waals surface area contributed by atoms with E-state index in [1.54, 1.807) is 4.90 Å². The van der Waals surface area contributed by atoms with Crippen molar-refractivity contribution in [3.8, 4) is 0 Å². The van der Waals surface area contributed by atoms with E-state index in [4.69, 9.17) is 0 Å². The Balaban J connectivity index is 2.36. The van der Waals surface area contributed by atoms with Crippen LogP contribution in [0.5, 0.6) is 0 Å². The average molecular weight is 227 g/mol. The molecule has 0 aromatic rings. The summed E-state index contributed by atoms with van der Waals surface area (Å²) in [5.41, 5.74) is 0. The molecule has 1 fully saturated rings. The number of rotatable bonds is 6. The molecule has 0 bridgehead atoms. The predicted molar refractivity (Wildman–Crippen MR) is 66.4 cm³/mol. The molecule has 1 N–H and O–H groups in total. The molecule has 0 saturated carbocycles. The number of nitrogens with one attached hydrogen (secondary N) is 1. The molecule has 0 aromatic heterocycles. The first-order chi connectivity index (χ1) is 7.63. The molecule has 4 heteroatoms. The first kappa shape index (κ1) is 13.5. The van der Waals surface area contributed by atoms with Crippen molar-refractivity contribution in [2.45, 2.75) is 32.2 Å². The van der Waals surface area contributed by atoms with Gasteiger partial charge in [0.1, 0.15) is 0 Å². The van der Waals surface area contributed by atoms with Gasteiger partial charge in [-0.25, -0.2) is 0 Å². The molecule has 4 nitrogen and oxygen atoms in total. The van der Waals surface area contributed by atoms with Gasteiger partial charge in [0.2, 0.25) is 5.91 Å². The van der Waals surface area contributed by atoms with Gasteiger partial charge in [-0.05, 0) is 32.4 Å². The zero-order valence-corrected chi connectivity index (χ0v) is 10.8. The van der Waals surface area contributed by atoms with E-state index in [1.165, 1.54) is 12.8 Å². The number of amides is 1. The van der Waals surface area contributed by atoms with Crippen LogP contribution in [0.3, 0.4) is 0 Å². The van der Waals surface area contributed by atoms with E-state index in [-0.39, 0.29) is 5.91 Å². The highest BCUT2D eigenvalue weighted by atomic mass is 16.2. The molecule has 1 heterocycles. The normalized spacial score (nSPS) is 20.4. The van der Waals surface area contributed by atoms with E-state index < -0.39 is 0 Å². The maximum atomic E-state index is 11.7. The molecule has 0 aromatic carbocycles. The summed E-state index contributed by atoms with van der Waals surface area (Å²) in [6.45, 7) is 5.87. The van der Waals surface area contributed by atoms with Crippen molar-refractivity contribution in [3.05, 3.63) is 0 Å². The molecule has 1 amide bonds. The van der Waals surface area contributed by atoms with Gasteiger partial charge in [-0.15, -0.1) is 0 Å². The standard InChI is InChI=1S/C12H25N3O/c1-4-8-15(10-12(16)14(2)3)9-11-6-5-7-13-11/h11,13H,4-10H2,1-3H3. The summed E-state index contributed by atoms with van der Waals surface area (Å²) < 4.78 is 0. The molecule has 1 aliphatic heterocycles. The smallest absolute Gasteiger partial charge is 0.236 e. The quantitative estimate of drug-likeness (QED) is 0.719. The van der Waals surface area contributed by atoms with Gasteiger partial charge in [0, 0.05) is 26.7 Å². The molecule has 16 heavy (non-hydrogen) atoms. The fourth-order valence-electron chi connectivity index (χ4n) is 2.11. The van der Waals surface area contributed by atoms with Gasteiger partial charge in [-0.2, -0.15) is 0 Å². The SMILES string of the molecule is CCCN(CC(=O)N(C)C)CC1CCCN1. The van der Waals surface area contributed by atoms with E-state index in [2.05, 4.69) is 17.1 Å². The summed E-state index contributed by atoms with van der Waals surface area (Å²) in [6, 6.07) is 0.585. The van der Waals surface area contributed by atoms with Crippen molar-refractivity contribution in [1.82, 2.24) is 15.1 Å². The Morgan fingerprint density at radius 2 is 2.19 bits per heavy atom. The van der Waals surface area contributed by atoms with Gasteiger partial charge >= 0.3 is 0 Å². The third-order valence-corrected chi connectivity index (χ3v) is 3.04. The first-order valence-corrected chi connectivity index (χ1v) is 6.29. The number of hydrogen-bond donors (Lipinski definition) is 1. The van der Waals surface area contributed by atoms with Crippen molar-refractivity contribution in [1.29, 1.82) is 0 Å². The number of hydrogen-bond acceptors (Lipinski definition) is 3. The highest BCUT2D eigenvalue weighted by Gasteiger charge is 2.19. The summed E-state index contributed by atoms with van der Waals surface area (Å²) in [5.74, 6) is 0.200. The second-order valence-corrected chi connectivity index (χ2v) is 4.82. The maximum Gasteiger partial charge on any atom is 0.236 e. The third kappa shape index (κ3) is 4.49. The molecule has 1 rings (SSSR count). The van der Waals surface area contributed by atoms with Gasteiger partial charge in [0.15, 0.2) is 0 Å². The second-order valence-electron chi connectivity index (χ2n) is 4.82. The predicted octanol–water partition coefficient (Wildman–Crippen LogP) is 0.539. The molecule has 1 unspecified atom stereocenters. The minimum absolute atomic E-state index is 0.200. The Labute approximate surface area is 99.0 Å². The zero-order valence-electron chi connectivity index (χ0n) is 10.8. The molecular formula is C12H25N3O. The largest absolute Gasteiger partial charge is 0.348 e. The number of nitrogens with zero attached hydrogens (tertiary/aromatic N) is 2. The lowest BCUT2D eigenvalue weighted by Gasteiger charge is -2.25. The average Bonchev–Trinajstić information content (AvgIpc) is 2.70. The van der Waals surface area contributed by atoms with Crippen molar-refractivity contribution in [2.75, 3.05) is 40.3 Å². The minimum atomic E-state index is 0.200. The van der Waals surface area contributed by atoms with E-state index in [1.807, 2.05) is 14.1 Å². The monoisotopic (exact) mass is 227 g/mol. The van der Waals surface area contributed by atoms with Crippen LogP contribution in [0.1, 0.15) is 26.2 Å². The molecule has 1 saturated heterocycles. The van der Waals surface area contributed by atoms with Gasteiger partial charge in [-0.3, -0.25) is 9.69 Å². The van der Waals surface area contributed by atoms with Crippen LogP contribution in [0.2, 0.25) is 0 Å². The van der Waals surface area contributed by atoms with Crippen LogP contribution < -0.4 is 5.32 Å². The van der Waals surface area contributed by atoms with Crippen LogP contribution in [0.25, 0.3) is 0 Å². The topological polar surface area (TPSA) is 35.6 Å². The lowest BCUT2D eigenvalue weighted by Crippen LogP contribution is -2.43. The second kappa shape index (κ2) is 6.86. The fraction of sp³-hybridized carbons (Fsp3) is 0.917. The van der Waals surface area contributed by atoms with Crippen molar-refractivity contribution in [3.63, 3.8) is 0 Å². The lowest BCUT2D eigenvalue weighted by molar-refractivity contribution is -0.129. The van der Waals surface area contributed by atoms with Gasteiger partial charge in [-0.1, -0.05) is 6.92 Å². The maximum absolute atomic E-state index is 11.7. The van der Waals surface area contributed by atoms with E-state index in [0.717, 1.165) is 26.1 Å². The molecule has 1 atom stereocenters. The van der Waals surface area contributed by atoms with Crippen LogP contribution in [-0.4, -0.2) is 62.0 Å². The summed E-state index contributed by atoms with van der Waals surface area (Å²) in [4.78, 5) is 15.6. The van der Waals surface area contributed by atoms with Crippen molar-refractivity contribution >= 4 is 5.91 Å². The fourth-order valence-corrected chi connectivity index (χ4v) is 2.11. The van der Waals surface area contributed by atoms with Crippen LogP contribution in [-0.2, 0) is 4.79 Å². The van der Waals surface area contributed by atoms with Crippen LogP contribution in [0.15, 0.2) is 0 Å². The molecule has 0 aliphatic carbocycles. The van der Waals surface area contributed by atoms with Crippen LogP contribution in [0, 0.1) is 0 Å². The Morgan fingerprint density at radius 1 is 1.44 bits per heavy atom. The molecule has 0 spiro atoms. The number of carbonyl (C=O) groups excluding carboxylic acids is 1. The van der Waals surface area contributed by atoms with Crippen molar-refractivity contribution < 1.29 is 4.79 Å². The Kier molecular flexibility index (Phi) is 5.77. The highest BCUT2D eigenvalue weighted by Crippen LogP contribution is 2.07. The Hall–Kier alpha value is -0.610. The number of likely N-dealkylation sites (N-methyl/N-ethyl adjacent to an activating group) is 1. The minimum Gasteiger partial charge on any atom is -0.348 e. The molecule has 0 radical (unpaired) electrons. The van der Waals surface area contributed by atoms with Gasteiger partial charge in [0.05, 0.1) is 6.54 Å². The first-order valence-electron chi connectivity index (χ1n) is 6.29. The van der Waals surface area contributed by atoms with Gasteiger partial charge in [0.25, 0.3) is 0 Å². The summed E-state index contributed by atoms with van der Waals surface area (Å²) in [6.07, 6.45) is 3.62. The highest BCUT2D eigenvalue weighted by molar-refractivity contribution is 5.77. The molecule has 1 aliphatic rings. The summed E-state index contributed by atoms with van der Waals surface area (Å²) in [5, 5.41) is 3.48. The summed E-state index contributed by atoms with van der Waals surface area (Å²) >= 11 is 0. The van der Waals surface area contributed by atoms with E-state index in [9.17, 15) is 4.79 Å². The molecular weight excluding hydrogens is 202 g/mol. The Bertz CT molecular complexity index is 212. The molecule has 94 valence electrons. The van der Waals surface area contributed by atoms with Gasteiger partial charge < -0.3 is 10.2 Å². The van der Waals surface area contributed by atoms with E-state index in [0.29, 0.717) is 12.6 Å². The zero-order chi connectivity index (χ0) is 12.0. The lowest BCUT2D eigenvalue weighted by atomic mass is 10.2. The third-order valence-electron chi connectivity index (χ3n) is 3.04. The summed E-state index contributed by atoms with van der Waals surface area (Å²) in [7, 11) is 3.64. The number of carbonyl (C=O) groups is 1. The van der Waals surface area contributed by atoms with E-state index >= 15 is 0 Å². The van der Waals surface area contributed by atoms with Crippen LogP contribution in [0.4, 0.5) is 0 Å². The van der Waals surface area contributed by atoms with Crippen LogP contribution >= 0.6 is 0 Å². The van der Waals surface area contributed by atoms with Crippen molar-refractivity contribution in [2.24, 2.45) is 0 Å². The Morgan fingerprint density at radius 3 is 2.69 bits per heavy atom.